The molecule has 0 fully saturated rings. The van der Waals surface area contributed by atoms with E-state index in [0.29, 0.717) is 10.6 Å². The van der Waals surface area contributed by atoms with Crippen LogP contribution in [0.2, 0.25) is 10.0 Å². The molecular formula is C14H9Cl2FO. The van der Waals surface area contributed by atoms with E-state index in [4.69, 9.17) is 23.2 Å². The van der Waals surface area contributed by atoms with Crippen molar-refractivity contribution in [1.82, 2.24) is 0 Å². The van der Waals surface area contributed by atoms with Crippen molar-refractivity contribution in [3.05, 3.63) is 69.0 Å². The largest absolute Gasteiger partial charge is 0.289 e. The monoisotopic (exact) mass is 282 g/mol. The van der Waals surface area contributed by atoms with Gasteiger partial charge in [0.15, 0.2) is 5.78 Å². The van der Waals surface area contributed by atoms with E-state index in [1.165, 1.54) is 12.1 Å². The maximum atomic E-state index is 12.9. The SMILES string of the molecule is Cc1cc(C(=O)c2ccc(F)cc2Cl)ccc1Cl. The number of hydrogen-bond donors (Lipinski definition) is 0. The molecule has 1 nitrogen and oxygen atoms in total. The zero-order chi connectivity index (χ0) is 13.3. The first kappa shape index (κ1) is 13.1. The molecule has 92 valence electrons. The van der Waals surface area contributed by atoms with E-state index in [0.717, 1.165) is 11.6 Å². The fourth-order valence-electron chi connectivity index (χ4n) is 1.62. The Bertz CT molecular complexity index is 623. The summed E-state index contributed by atoms with van der Waals surface area (Å²) in [6.07, 6.45) is 0. The predicted octanol–water partition coefficient (Wildman–Crippen LogP) is 4.67. The van der Waals surface area contributed by atoms with E-state index >= 15 is 0 Å². The molecule has 0 saturated carbocycles. The molecule has 18 heavy (non-hydrogen) atoms. The average Bonchev–Trinajstić information content (AvgIpc) is 2.32. The summed E-state index contributed by atoms with van der Waals surface area (Å²) < 4.78 is 12.9. The van der Waals surface area contributed by atoms with Crippen LogP contribution in [0.1, 0.15) is 21.5 Å². The highest BCUT2D eigenvalue weighted by Gasteiger charge is 2.14. The van der Waals surface area contributed by atoms with E-state index in [1.54, 1.807) is 18.2 Å². The van der Waals surface area contributed by atoms with E-state index in [-0.39, 0.29) is 16.4 Å². The van der Waals surface area contributed by atoms with Crippen molar-refractivity contribution in [1.29, 1.82) is 0 Å². The van der Waals surface area contributed by atoms with Gasteiger partial charge in [-0.3, -0.25) is 4.79 Å². The average molecular weight is 283 g/mol. The van der Waals surface area contributed by atoms with Gasteiger partial charge in [-0.1, -0.05) is 23.2 Å². The molecule has 2 aromatic rings. The summed E-state index contributed by atoms with van der Waals surface area (Å²) in [5, 5.41) is 0.698. The summed E-state index contributed by atoms with van der Waals surface area (Å²) in [5.74, 6) is -0.719. The molecule has 0 aliphatic rings. The molecule has 0 aliphatic heterocycles. The highest BCUT2D eigenvalue weighted by atomic mass is 35.5. The van der Waals surface area contributed by atoms with Crippen LogP contribution < -0.4 is 0 Å². The zero-order valence-corrected chi connectivity index (χ0v) is 11.0. The third-order valence-electron chi connectivity index (χ3n) is 2.60. The lowest BCUT2D eigenvalue weighted by Gasteiger charge is -2.05. The molecular weight excluding hydrogens is 274 g/mol. The molecule has 0 atom stereocenters. The second kappa shape index (κ2) is 5.09. The summed E-state index contributed by atoms with van der Waals surface area (Å²) in [4.78, 5) is 12.2. The summed E-state index contributed by atoms with van der Waals surface area (Å²) in [5.41, 5.74) is 1.56. The van der Waals surface area contributed by atoms with Crippen molar-refractivity contribution in [2.24, 2.45) is 0 Å². The van der Waals surface area contributed by atoms with Gasteiger partial charge in [-0.2, -0.15) is 0 Å². The van der Waals surface area contributed by atoms with Gasteiger partial charge in [0.1, 0.15) is 5.82 Å². The minimum atomic E-state index is -0.469. The summed E-state index contributed by atoms with van der Waals surface area (Å²) >= 11 is 11.8. The topological polar surface area (TPSA) is 17.1 Å². The molecule has 0 amide bonds. The normalized spacial score (nSPS) is 10.4. The minimum Gasteiger partial charge on any atom is -0.289 e. The van der Waals surface area contributed by atoms with Crippen LogP contribution in [0.4, 0.5) is 4.39 Å². The van der Waals surface area contributed by atoms with E-state index in [1.807, 2.05) is 6.92 Å². The maximum absolute atomic E-state index is 12.9. The first-order valence-corrected chi connectivity index (χ1v) is 6.00. The van der Waals surface area contributed by atoms with Crippen molar-refractivity contribution < 1.29 is 9.18 Å². The Labute approximate surface area is 114 Å². The van der Waals surface area contributed by atoms with Crippen molar-refractivity contribution in [2.45, 2.75) is 6.92 Å². The Morgan fingerprint density at radius 1 is 1.06 bits per heavy atom. The molecule has 0 aromatic heterocycles. The number of rotatable bonds is 2. The van der Waals surface area contributed by atoms with Gasteiger partial charge < -0.3 is 0 Å². The molecule has 2 aromatic carbocycles. The molecule has 0 saturated heterocycles. The molecule has 0 bridgehead atoms. The smallest absolute Gasteiger partial charge is 0.194 e. The Balaban J connectivity index is 2.44. The third kappa shape index (κ3) is 2.55. The summed E-state index contributed by atoms with van der Waals surface area (Å²) in [6.45, 7) is 1.81. The lowest BCUT2D eigenvalue weighted by Crippen LogP contribution is -2.03. The number of hydrogen-bond acceptors (Lipinski definition) is 1. The van der Waals surface area contributed by atoms with E-state index < -0.39 is 5.82 Å². The van der Waals surface area contributed by atoms with Crippen LogP contribution in [-0.2, 0) is 0 Å². The first-order chi connectivity index (χ1) is 8.49. The van der Waals surface area contributed by atoms with Crippen LogP contribution in [0, 0.1) is 12.7 Å². The number of aryl methyl sites for hydroxylation is 1. The Hall–Kier alpha value is -1.38. The highest BCUT2D eigenvalue weighted by molar-refractivity contribution is 6.35. The highest BCUT2D eigenvalue weighted by Crippen LogP contribution is 2.23. The van der Waals surface area contributed by atoms with Gasteiger partial charge in [0.25, 0.3) is 0 Å². The van der Waals surface area contributed by atoms with Crippen LogP contribution in [0.5, 0.6) is 0 Å². The maximum Gasteiger partial charge on any atom is 0.194 e. The van der Waals surface area contributed by atoms with Gasteiger partial charge in [0, 0.05) is 16.1 Å². The molecule has 0 unspecified atom stereocenters. The van der Waals surface area contributed by atoms with E-state index in [2.05, 4.69) is 0 Å². The summed E-state index contributed by atoms with van der Waals surface area (Å²) in [6, 6.07) is 8.67. The van der Waals surface area contributed by atoms with Gasteiger partial charge in [-0.05, 0) is 48.9 Å². The van der Waals surface area contributed by atoms with Crippen molar-refractivity contribution in [3.63, 3.8) is 0 Å². The second-order valence-electron chi connectivity index (χ2n) is 3.92. The fourth-order valence-corrected chi connectivity index (χ4v) is 1.99. The van der Waals surface area contributed by atoms with Gasteiger partial charge >= 0.3 is 0 Å². The molecule has 0 aliphatic carbocycles. The van der Waals surface area contributed by atoms with Crippen molar-refractivity contribution >= 4 is 29.0 Å². The molecule has 0 heterocycles. The molecule has 0 spiro atoms. The van der Waals surface area contributed by atoms with Gasteiger partial charge in [0.05, 0.1) is 5.02 Å². The third-order valence-corrected chi connectivity index (χ3v) is 3.33. The van der Waals surface area contributed by atoms with Gasteiger partial charge in [-0.25, -0.2) is 4.39 Å². The minimum absolute atomic E-state index is 0.104. The lowest BCUT2D eigenvalue weighted by atomic mass is 10.0. The zero-order valence-electron chi connectivity index (χ0n) is 9.51. The number of ketones is 1. The van der Waals surface area contributed by atoms with E-state index in [9.17, 15) is 9.18 Å². The number of halogens is 3. The molecule has 0 N–H and O–H groups in total. The fraction of sp³-hybridized carbons (Fsp3) is 0.0714. The van der Waals surface area contributed by atoms with Crippen molar-refractivity contribution in [2.75, 3.05) is 0 Å². The quantitative estimate of drug-likeness (QED) is 0.732. The number of carbonyl (C=O) groups is 1. The number of benzene rings is 2. The number of carbonyl (C=O) groups excluding carboxylic acids is 1. The van der Waals surface area contributed by atoms with Gasteiger partial charge in [-0.15, -0.1) is 0 Å². The van der Waals surface area contributed by atoms with Crippen molar-refractivity contribution in [3.8, 4) is 0 Å². The van der Waals surface area contributed by atoms with Crippen LogP contribution >= 0.6 is 23.2 Å². The Morgan fingerprint density at radius 3 is 2.39 bits per heavy atom. The standard InChI is InChI=1S/C14H9Cl2FO/c1-8-6-9(2-5-12(8)15)14(18)11-4-3-10(17)7-13(11)16/h2-7H,1H3. The molecule has 0 radical (unpaired) electrons. The molecule has 2 rings (SSSR count). The Kier molecular flexibility index (Phi) is 3.69. The van der Waals surface area contributed by atoms with Crippen LogP contribution in [-0.4, -0.2) is 5.78 Å². The van der Waals surface area contributed by atoms with Crippen LogP contribution in [0.25, 0.3) is 0 Å². The predicted molar refractivity (Wildman–Crippen MR) is 71.0 cm³/mol. The van der Waals surface area contributed by atoms with Crippen LogP contribution in [0.15, 0.2) is 36.4 Å². The first-order valence-electron chi connectivity index (χ1n) is 5.25. The second-order valence-corrected chi connectivity index (χ2v) is 4.73. The Morgan fingerprint density at radius 2 is 1.78 bits per heavy atom. The summed E-state index contributed by atoms with van der Waals surface area (Å²) in [7, 11) is 0. The van der Waals surface area contributed by atoms with Crippen LogP contribution in [0.3, 0.4) is 0 Å². The van der Waals surface area contributed by atoms with Gasteiger partial charge in [0.2, 0.25) is 0 Å². The molecule has 4 heteroatoms. The lowest BCUT2D eigenvalue weighted by molar-refractivity contribution is 0.103.